The lowest BCUT2D eigenvalue weighted by Gasteiger charge is -2.08. The van der Waals surface area contributed by atoms with E-state index >= 15 is 0 Å². The van der Waals surface area contributed by atoms with Crippen molar-refractivity contribution < 1.29 is 14.3 Å². The molecule has 0 unspecified atom stereocenters. The maximum absolute atomic E-state index is 11.8. The van der Waals surface area contributed by atoms with Crippen LogP contribution >= 0.6 is 15.9 Å². The molecular formula is C15H14BrNO3. The van der Waals surface area contributed by atoms with Gasteiger partial charge in [0.15, 0.2) is 6.79 Å². The molecule has 0 aliphatic carbocycles. The fourth-order valence-corrected chi connectivity index (χ4v) is 2.04. The Morgan fingerprint density at radius 2 is 1.85 bits per heavy atom. The number of carbonyl (C=O) groups excluding carboxylic acids is 1. The van der Waals surface area contributed by atoms with Gasteiger partial charge < -0.3 is 15.2 Å². The van der Waals surface area contributed by atoms with E-state index in [1.165, 1.54) is 0 Å². The van der Waals surface area contributed by atoms with Gasteiger partial charge in [0.25, 0.3) is 0 Å². The van der Waals surface area contributed by atoms with Crippen LogP contribution in [-0.4, -0.2) is 12.8 Å². The molecule has 0 heterocycles. The standard InChI is InChI=1S/C15H14BrNO3/c16-14-12(7-4-8-13(14)17)15(18)20-10-19-9-11-5-2-1-3-6-11/h1-8H,9-10,17H2. The average molecular weight is 336 g/mol. The number of anilines is 1. The molecule has 0 amide bonds. The van der Waals surface area contributed by atoms with E-state index in [0.29, 0.717) is 22.3 Å². The molecule has 2 rings (SSSR count). The van der Waals surface area contributed by atoms with Crippen LogP contribution in [0.2, 0.25) is 0 Å². The molecular weight excluding hydrogens is 322 g/mol. The van der Waals surface area contributed by atoms with Crippen LogP contribution < -0.4 is 5.73 Å². The predicted molar refractivity (Wildman–Crippen MR) is 80.1 cm³/mol. The molecule has 0 spiro atoms. The summed E-state index contributed by atoms with van der Waals surface area (Å²) >= 11 is 3.26. The molecule has 0 fully saturated rings. The van der Waals surface area contributed by atoms with Crippen LogP contribution in [0.25, 0.3) is 0 Å². The van der Waals surface area contributed by atoms with Crippen molar-refractivity contribution in [3.63, 3.8) is 0 Å². The van der Waals surface area contributed by atoms with E-state index in [0.717, 1.165) is 5.56 Å². The summed E-state index contributed by atoms with van der Waals surface area (Å²) in [5.41, 5.74) is 7.60. The zero-order chi connectivity index (χ0) is 14.4. The third-order valence-corrected chi connectivity index (χ3v) is 3.52. The first-order valence-corrected chi connectivity index (χ1v) is 6.80. The van der Waals surface area contributed by atoms with Gasteiger partial charge in [-0.15, -0.1) is 0 Å². The smallest absolute Gasteiger partial charge is 0.341 e. The van der Waals surface area contributed by atoms with Crippen LogP contribution in [0.4, 0.5) is 5.69 Å². The minimum atomic E-state index is -0.475. The van der Waals surface area contributed by atoms with E-state index in [9.17, 15) is 4.79 Å². The zero-order valence-corrected chi connectivity index (χ0v) is 12.3. The van der Waals surface area contributed by atoms with Gasteiger partial charge >= 0.3 is 5.97 Å². The van der Waals surface area contributed by atoms with Gasteiger partial charge in [-0.25, -0.2) is 4.79 Å². The van der Waals surface area contributed by atoms with Crippen molar-refractivity contribution in [3.8, 4) is 0 Å². The Labute approximate surface area is 125 Å². The average Bonchev–Trinajstić information content (AvgIpc) is 2.47. The first kappa shape index (κ1) is 14.6. The molecule has 4 nitrogen and oxygen atoms in total. The van der Waals surface area contributed by atoms with Crippen molar-refractivity contribution in [1.29, 1.82) is 0 Å². The Balaban J connectivity index is 1.82. The van der Waals surface area contributed by atoms with E-state index in [2.05, 4.69) is 15.9 Å². The number of hydrogen-bond donors (Lipinski definition) is 1. The molecule has 0 saturated carbocycles. The minimum Gasteiger partial charge on any atom is -0.435 e. The third kappa shape index (κ3) is 3.82. The number of esters is 1. The molecule has 2 aromatic rings. The number of halogens is 1. The number of nitrogens with two attached hydrogens (primary N) is 1. The highest BCUT2D eigenvalue weighted by atomic mass is 79.9. The molecule has 0 aliphatic rings. The number of benzene rings is 2. The largest absolute Gasteiger partial charge is 0.435 e. The maximum Gasteiger partial charge on any atom is 0.341 e. The lowest BCUT2D eigenvalue weighted by atomic mass is 10.2. The number of rotatable bonds is 5. The summed E-state index contributed by atoms with van der Waals surface area (Å²) in [7, 11) is 0. The summed E-state index contributed by atoms with van der Waals surface area (Å²) in [6, 6.07) is 14.7. The van der Waals surface area contributed by atoms with Crippen molar-refractivity contribution >= 4 is 27.6 Å². The van der Waals surface area contributed by atoms with Crippen molar-refractivity contribution in [3.05, 3.63) is 64.1 Å². The molecule has 2 aromatic carbocycles. The van der Waals surface area contributed by atoms with Crippen LogP contribution in [0.1, 0.15) is 15.9 Å². The van der Waals surface area contributed by atoms with Crippen LogP contribution in [0.3, 0.4) is 0 Å². The molecule has 0 aliphatic heterocycles. The Morgan fingerprint density at radius 3 is 2.60 bits per heavy atom. The van der Waals surface area contributed by atoms with Gasteiger partial charge in [-0.3, -0.25) is 0 Å². The number of carbonyl (C=O) groups is 1. The SMILES string of the molecule is Nc1cccc(C(=O)OCOCc2ccccc2)c1Br. The van der Waals surface area contributed by atoms with E-state index in [1.54, 1.807) is 18.2 Å². The van der Waals surface area contributed by atoms with Gasteiger partial charge in [0, 0.05) is 5.69 Å². The second-order valence-corrected chi connectivity index (χ2v) is 4.89. The highest BCUT2D eigenvalue weighted by Gasteiger charge is 2.12. The number of hydrogen-bond acceptors (Lipinski definition) is 4. The molecule has 104 valence electrons. The van der Waals surface area contributed by atoms with E-state index in [-0.39, 0.29) is 6.79 Å². The first-order valence-electron chi connectivity index (χ1n) is 6.01. The summed E-state index contributed by atoms with van der Waals surface area (Å²) < 4.78 is 10.9. The van der Waals surface area contributed by atoms with Crippen molar-refractivity contribution in [2.24, 2.45) is 0 Å². The van der Waals surface area contributed by atoms with Crippen LogP contribution in [0.5, 0.6) is 0 Å². The number of nitrogen functional groups attached to an aromatic ring is 1. The predicted octanol–water partition coefficient (Wildman–Crippen LogP) is 3.36. The van der Waals surface area contributed by atoms with Crippen molar-refractivity contribution in [1.82, 2.24) is 0 Å². The number of ether oxygens (including phenoxy) is 2. The van der Waals surface area contributed by atoms with E-state index in [1.807, 2.05) is 30.3 Å². The topological polar surface area (TPSA) is 61.6 Å². The zero-order valence-electron chi connectivity index (χ0n) is 10.7. The lowest BCUT2D eigenvalue weighted by molar-refractivity contribution is -0.0381. The second-order valence-electron chi connectivity index (χ2n) is 4.09. The molecule has 2 N–H and O–H groups in total. The summed E-state index contributed by atoms with van der Waals surface area (Å²) in [5.74, 6) is -0.475. The summed E-state index contributed by atoms with van der Waals surface area (Å²) in [5, 5.41) is 0. The van der Waals surface area contributed by atoms with Gasteiger partial charge in [-0.1, -0.05) is 36.4 Å². The quantitative estimate of drug-likeness (QED) is 0.394. The molecule has 0 radical (unpaired) electrons. The summed E-state index contributed by atoms with van der Waals surface area (Å²) in [6.45, 7) is 0.293. The highest BCUT2D eigenvalue weighted by molar-refractivity contribution is 9.10. The van der Waals surface area contributed by atoms with Crippen LogP contribution in [0.15, 0.2) is 53.0 Å². The third-order valence-electron chi connectivity index (χ3n) is 2.63. The maximum atomic E-state index is 11.8. The van der Waals surface area contributed by atoms with Crippen molar-refractivity contribution in [2.75, 3.05) is 12.5 Å². The Kier molecular flexibility index (Phi) is 5.15. The summed E-state index contributed by atoms with van der Waals surface area (Å²) in [6.07, 6.45) is 0. The first-order chi connectivity index (χ1) is 9.68. The van der Waals surface area contributed by atoms with Gasteiger partial charge in [0.05, 0.1) is 16.6 Å². The molecule has 20 heavy (non-hydrogen) atoms. The fraction of sp³-hybridized carbons (Fsp3) is 0.133. The Hall–Kier alpha value is -1.85. The lowest BCUT2D eigenvalue weighted by Crippen LogP contribution is -2.10. The highest BCUT2D eigenvalue weighted by Crippen LogP contribution is 2.24. The van der Waals surface area contributed by atoms with Crippen LogP contribution in [-0.2, 0) is 16.1 Å². The molecule has 0 saturated heterocycles. The van der Waals surface area contributed by atoms with Gasteiger partial charge in [0.1, 0.15) is 0 Å². The molecule has 0 atom stereocenters. The normalized spacial score (nSPS) is 10.2. The minimum absolute atomic E-state index is 0.102. The Bertz CT molecular complexity index is 587. The monoisotopic (exact) mass is 335 g/mol. The second kappa shape index (κ2) is 7.07. The van der Waals surface area contributed by atoms with Gasteiger partial charge in [-0.05, 0) is 33.6 Å². The van der Waals surface area contributed by atoms with Crippen LogP contribution in [0, 0.1) is 0 Å². The van der Waals surface area contributed by atoms with E-state index < -0.39 is 5.97 Å². The molecule has 5 heteroatoms. The Morgan fingerprint density at radius 1 is 1.10 bits per heavy atom. The van der Waals surface area contributed by atoms with Crippen molar-refractivity contribution in [2.45, 2.75) is 6.61 Å². The molecule has 0 bridgehead atoms. The molecule has 0 aromatic heterocycles. The summed E-state index contributed by atoms with van der Waals surface area (Å²) in [4.78, 5) is 11.8. The fourth-order valence-electron chi connectivity index (χ4n) is 1.61. The van der Waals surface area contributed by atoms with Gasteiger partial charge in [-0.2, -0.15) is 0 Å². The van der Waals surface area contributed by atoms with Gasteiger partial charge in [0.2, 0.25) is 0 Å². The van der Waals surface area contributed by atoms with E-state index in [4.69, 9.17) is 15.2 Å².